The van der Waals surface area contributed by atoms with E-state index in [2.05, 4.69) is 25.5 Å². The van der Waals surface area contributed by atoms with Crippen LogP contribution in [0.15, 0.2) is 48.8 Å². The minimum atomic E-state index is -0.301. The quantitative estimate of drug-likeness (QED) is 0.762. The average Bonchev–Trinajstić information content (AvgIpc) is 3.06. The summed E-state index contributed by atoms with van der Waals surface area (Å²) in [4.78, 5) is 21.9. The number of anilines is 1. The number of nitrogens with one attached hydrogen (secondary N) is 2. The number of hydrogen-bond acceptors (Lipinski definition) is 4. The van der Waals surface area contributed by atoms with E-state index in [-0.39, 0.29) is 12.0 Å². The van der Waals surface area contributed by atoms with Gasteiger partial charge >= 0.3 is 6.03 Å². The number of aromatic nitrogens is 4. The van der Waals surface area contributed by atoms with Gasteiger partial charge in [0.05, 0.1) is 0 Å². The van der Waals surface area contributed by atoms with Gasteiger partial charge < -0.3 is 4.90 Å². The molecular formula is C16H15ClN6O. The Kier molecular flexibility index (Phi) is 4.72. The molecule has 3 rings (SSSR count). The Morgan fingerprint density at radius 3 is 2.62 bits per heavy atom. The van der Waals surface area contributed by atoms with Crippen LogP contribution in [0.25, 0.3) is 11.4 Å². The number of carbonyl (C=O) groups excluding carboxylic acids is 1. The molecule has 122 valence electrons. The summed E-state index contributed by atoms with van der Waals surface area (Å²) in [5, 5.41) is 10.1. The monoisotopic (exact) mass is 342 g/mol. The molecule has 24 heavy (non-hydrogen) atoms. The van der Waals surface area contributed by atoms with Crippen LogP contribution in [0.2, 0.25) is 5.02 Å². The molecule has 0 atom stereocenters. The maximum Gasteiger partial charge on any atom is 0.324 e. The molecule has 0 aliphatic carbocycles. The molecule has 0 spiro atoms. The van der Waals surface area contributed by atoms with Crippen LogP contribution in [0.4, 0.5) is 10.7 Å². The molecule has 2 heterocycles. The number of halogens is 1. The lowest BCUT2D eigenvalue weighted by molar-refractivity contribution is 0.220. The van der Waals surface area contributed by atoms with Gasteiger partial charge in [0.25, 0.3) is 0 Å². The average molecular weight is 343 g/mol. The van der Waals surface area contributed by atoms with Crippen molar-refractivity contribution in [2.24, 2.45) is 0 Å². The van der Waals surface area contributed by atoms with Crippen molar-refractivity contribution in [1.82, 2.24) is 25.1 Å². The van der Waals surface area contributed by atoms with Gasteiger partial charge in [-0.25, -0.2) is 4.79 Å². The maximum absolute atomic E-state index is 12.2. The number of pyridine rings is 1. The molecule has 0 radical (unpaired) electrons. The van der Waals surface area contributed by atoms with Crippen molar-refractivity contribution in [3.8, 4) is 11.4 Å². The molecule has 2 N–H and O–H groups in total. The molecule has 7 nitrogen and oxygen atoms in total. The lowest BCUT2D eigenvalue weighted by Gasteiger charge is -2.16. The van der Waals surface area contributed by atoms with Crippen molar-refractivity contribution in [3.63, 3.8) is 0 Å². The molecule has 0 fully saturated rings. The molecule has 0 aliphatic heterocycles. The number of aromatic amines is 1. The van der Waals surface area contributed by atoms with E-state index >= 15 is 0 Å². The van der Waals surface area contributed by atoms with Crippen molar-refractivity contribution in [1.29, 1.82) is 0 Å². The molecule has 8 heteroatoms. The first-order valence-corrected chi connectivity index (χ1v) is 7.59. The van der Waals surface area contributed by atoms with Gasteiger partial charge in [0.1, 0.15) is 0 Å². The molecule has 0 bridgehead atoms. The first kappa shape index (κ1) is 15.9. The highest BCUT2D eigenvalue weighted by Gasteiger charge is 2.13. The number of benzene rings is 1. The summed E-state index contributed by atoms with van der Waals surface area (Å²) in [6.45, 7) is 0.449. The van der Waals surface area contributed by atoms with Gasteiger partial charge in [-0.05, 0) is 29.8 Å². The number of hydrogen-bond donors (Lipinski definition) is 2. The highest BCUT2D eigenvalue weighted by Crippen LogP contribution is 2.15. The molecule has 0 saturated heterocycles. The van der Waals surface area contributed by atoms with E-state index in [0.29, 0.717) is 17.4 Å². The third kappa shape index (κ3) is 3.88. The van der Waals surface area contributed by atoms with Crippen LogP contribution >= 0.6 is 11.6 Å². The van der Waals surface area contributed by atoms with E-state index in [9.17, 15) is 4.79 Å². The van der Waals surface area contributed by atoms with Gasteiger partial charge in [-0.3, -0.25) is 15.4 Å². The normalized spacial score (nSPS) is 10.4. The van der Waals surface area contributed by atoms with Gasteiger partial charge in [0, 0.05) is 36.6 Å². The third-order valence-electron chi connectivity index (χ3n) is 3.34. The topological polar surface area (TPSA) is 86.8 Å². The zero-order valence-corrected chi connectivity index (χ0v) is 13.7. The Morgan fingerprint density at radius 2 is 1.92 bits per heavy atom. The first-order chi connectivity index (χ1) is 11.6. The number of urea groups is 1. The summed E-state index contributed by atoms with van der Waals surface area (Å²) < 4.78 is 0. The number of rotatable bonds is 4. The summed E-state index contributed by atoms with van der Waals surface area (Å²) in [5.41, 5.74) is 1.82. The third-order valence-corrected chi connectivity index (χ3v) is 3.59. The van der Waals surface area contributed by atoms with E-state index in [1.807, 2.05) is 12.1 Å². The fraction of sp³-hybridized carbons (Fsp3) is 0.125. The zero-order chi connectivity index (χ0) is 16.9. The van der Waals surface area contributed by atoms with Crippen LogP contribution in [-0.2, 0) is 6.54 Å². The fourth-order valence-electron chi connectivity index (χ4n) is 2.08. The lowest BCUT2D eigenvalue weighted by Crippen LogP contribution is -2.31. The largest absolute Gasteiger partial charge is 0.324 e. The molecule has 2 aromatic heterocycles. The highest BCUT2D eigenvalue weighted by atomic mass is 35.5. The van der Waals surface area contributed by atoms with Crippen molar-refractivity contribution in [2.45, 2.75) is 6.54 Å². The van der Waals surface area contributed by atoms with Crippen molar-refractivity contribution in [2.75, 3.05) is 12.4 Å². The Morgan fingerprint density at radius 1 is 1.21 bits per heavy atom. The van der Waals surface area contributed by atoms with Crippen molar-refractivity contribution < 1.29 is 4.79 Å². The van der Waals surface area contributed by atoms with Crippen LogP contribution in [0, 0.1) is 0 Å². The minimum absolute atomic E-state index is 0.217. The summed E-state index contributed by atoms with van der Waals surface area (Å²) in [7, 11) is 1.69. The van der Waals surface area contributed by atoms with Crippen LogP contribution in [-0.4, -0.2) is 38.1 Å². The predicted octanol–water partition coefficient (Wildman–Crippen LogP) is 3.18. The number of nitrogens with zero attached hydrogens (tertiary/aromatic N) is 4. The van der Waals surface area contributed by atoms with Gasteiger partial charge in [0.15, 0.2) is 5.82 Å². The van der Waals surface area contributed by atoms with Gasteiger partial charge in [-0.1, -0.05) is 23.7 Å². The fourth-order valence-corrected chi connectivity index (χ4v) is 2.21. The van der Waals surface area contributed by atoms with E-state index < -0.39 is 0 Å². The number of carbonyl (C=O) groups is 1. The Labute approximate surface area is 143 Å². The van der Waals surface area contributed by atoms with E-state index in [1.54, 1.807) is 43.7 Å². The predicted molar refractivity (Wildman–Crippen MR) is 91.6 cm³/mol. The van der Waals surface area contributed by atoms with Crippen LogP contribution in [0.5, 0.6) is 0 Å². The Bertz CT molecular complexity index is 818. The maximum atomic E-state index is 12.2. The smallest absolute Gasteiger partial charge is 0.323 e. The summed E-state index contributed by atoms with van der Waals surface area (Å²) >= 11 is 5.85. The molecule has 0 saturated carbocycles. The van der Waals surface area contributed by atoms with Crippen molar-refractivity contribution >= 4 is 23.6 Å². The molecule has 0 unspecified atom stereocenters. The molecule has 2 amide bonds. The Hall–Kier alpha value is -2.93. The SMILES string of the molecule is CN(Cc1ccc(Cl)cc1)C(=O)Nc1n[nH]c(-c2ccncc2)n1. The summed E-state index contributed by atoms with van der Waals surface area (Å²) in [5.74, 6) is 0.780. The second kappa shape index (κ2) is 7.10. The van der Waals surface area contributed by atoms with Gasteiger partial charge in [0.2, 0.25) is 5.95 Å². The van der Waals surface area contributed by atoms with E-state index in [1.165, 1.54) is 4.90 Å². The second-order valence-corrected chi connectivity index (χ2v) is 5.59. The molecule has 0 aliphatic rings. The Balaban J connectivity index is 1.62. The zero-order valence-electron chi connectivity index (χ0n) is 12.9. The van der Waals surface area contributed by atoms with Crippen LogP contribution in [0.1, 0.15) is 5.56 Å². The highest BCUT2D eigenvalue weighted by molar-refractivity contribution is 6.30. The minimum Gasteiger partial charge on any atom is -0.323 e. The molecular weight excluding hydrogens is 328 g/mol. The van der Waals surface area contributed by atoms with E-state index in [0.717, 1.165) is 11.1 Å². The van der Waals surface area contributed by atoms with Crippen LogP contribution in [0.3, 0.4) is 0 Å². The van der Waals surface area contributed by atoms with Crippen molar-refractivity contribution in [3.05, 3.63) is 59.4 Å². The first-order valence-electron chi connectivity index (χ1n) is 7.21. The molecule has 1 aromatic carbocycles. The lowest BCUT2D eigenvalue weighted by atomic mass is 10.2. The van der Waals surface area contributed by atoms with Crippen LogP contribution < -0.4 is 5.32 Å². The number of amides is 2. The second-order valence-electron chi connectivity index (χ2n) is 5.16. The number of H-pyrrole nitrogens is 1. The standard InChI is InChI=1S/C16H15ClN6O/c1-23(10-11-2-4-13(17)5-3-11)16(24)20-15-19-14(21-22-15)12-6-8-18-9-7-12/h2-9H,10H2,1H3,(H2,19,20,21,22,24). The summed E-state index contributed by atoms with van der Waals surface area (Å²) in [6.07, 6.45) is 3.33. The van der Waals surface area contributed by atoms with Gasteiger partial charge in [-0.2, -0.15) is 4.98 Å². The molecule has 3 aromatic rings. The summed E-state index contributed by atoms with van der Waals surface area (Å²) in [6, 6.07) is 10.6. The van der Waals surface area contributed by atoms with E-state index in [4.69, 9.17) is 11.6 Å². The van der Waals surface area contributed by atoms with Gasteiger partial charge in [-0.15, -0.1) is 5.10 Å².